The van der Waals surface area contributed by atoms with E-state index in [1.807, 2.05) is 0 Å². The smallest absolute Gasteiger partial charge is 0.290 e. The molecule has 2 aromatic rings. The molecule has 2 N–H and O–H groups in total. The van der Waals surface area contributed by atoms with Crippen LogP contribution in [0, 0.1) is 0 Å². The standard InChI is InChI=1S/C19H16ClNO6/c1-3-6-21-15(10-8-11(20)16(22)13(9-10)26-2)14(18(24)19(21)25)17(23)12-5-4-7-27-12/h3-5,7-9,15,22,24H,1,6H2,2H3. The third-order valence-electron chi connectivity index (χ3n) is 4.21. The van der Waals surface area contributed by atoms with Crippen LogP contribution in [0.1, 0.15) is 22.2 Å². The molecule has 0 saturated carbocycles. The summed E-state index contributed by atoms with van der Waals surface area (Å²) in [5.41, 5.74) is 0.226. The van der Waals surface area contributed by atoms with Gasteiger partial charge in [-0.1, -0.05) is 17.7 Å². The van der Waals surface area contributed by atoms with Crippen LogP contribution < -0.4 is 4.74 Å². The largest absolute Gasteiger partial charge is 0.503 e. The highest BCUT2D eigenvalue weighted by Gasteiger charge is 2.44. The van der Waals surface area contributed by atoms with E-state index in [1.54, 1.807) is 0 Å². The Labute approximate surface area is 159 Å². The maximum atomic E-state index is 12.9. The SMILES string of the molecule is C=CCN1C(=O)C(O)=C(C(=O)c2ccco2)C1c1cc(Cl)c(O)c(OC)c1. The zero-order valence-electron chi connectivity index (χ0n) is 14.3. The highest BCUT2D eigenvalue weighted by molar-refractivity contribution is 6.32. The van der Waals surface area contributed by atoms with Crippen LogP contribution in [0.15, 0.2) is 58.9 Å². The molecule has 1 aromatic carbocycles. The number of aliphatic hydroxyl groups excluding tert-OH is 1. The fourth-order valence-corrected chi connectivity index (χ4v) is 3.23. The number of rotatable bonds is 6. The number of nitrogens with zero attached hydrogens (tertiary/aromatic N) is 1. The number of carbonyl (C=O) groups excluding carboxylic acids is 2. The fourth-order valence-electron chi connectivity index (χ4n) is 3.01. The molecule has 1 amide bonds. The zero-order chi connectivity index (χ0) is 19.7. The number of furan rings is 1. The van der Waals surface area contributed by atoms with E-state index in [2.05, 4.69) is 6.58 Å². The molecule has 7 nitrogen and oxygen atoms in total. The zero-order valence-corrected chi connectivity index (χ0v) is 15.1. The summed E-state index contributed by atoms with van der Waals surface area (Å²) in [5.74, 6) is -2.25. The summed E-state index contributed by atoms with van der Waals surface area (Å²) >= 11 is 6.06. The number of amides is 1. The van der Waals surface area contributed by atoms with Crippen LogP contribution in [-0.2, 0) is 4.79 Å². The van der Waals surface area contributed by atoms with Gasteiger partial charge in [-0.25, -0.2) is 0 Å². The Kier molecular flexibility index (Phi) is 4.96. The molecule has 1 aromatic heterocycles. The topological polar surface area (TPSA) is 100 Å². The van der Waals surface area contributed by atoms with Gasteiger partial charge in [0, 0.05) is 6.54 Å². The van der Waals surface area contributed by atoms with Crippen LogP contribution in [0.2, 0.25) is 5.02 Å². The Morgan fingerprint density at radius 3 is 2.78 bits per heavy atom. The quantitative estimate of drug-likeness (QED) is 0.580. The Hall–Kier alpha value is -3.19. The van der Waals surface area contributed by atoms with Crippen molar-refractivity contribution >= 4 is 23.3 Å². The summed E-state index contributed by atoms with van der Waals surface area (Å²) in [6.07, 6.45) is 2.79. The number of phenolic OH excluding ortho intramolecular Hbond substituents is 1. The predicted octanol–water partition coefficient (Wildman–Crippen LogP) is 3.41. The molecule has 8 heteroatoms. The molecule has 1 aliphatic heterocycles. The summed E-state index contributed by atoms with van der Waals surface area (Å²) < 4.78 is 10.2. The molecule has 0 spiro atoms. The van der Waals surface area contributed by atoms with Crippen LogP contribution >= 0.6 is 11.6 Å². The Morgan fingerprint density at radius 2 is 2.19 bits per heavy atom. The number of hydrogen-bond acceptors (Lipinski definition) is 6. The summed E-state index contributed by atoms with van der Waals surface area (Å²) in [6, 6.07) is 4.86. The van der Waals surface area contributed by atoms with Gasteiger partial charge in [0.05, 0.1) is 30.0 Å². The third kappa shape index (κ3) is 3.06. The first-order valence-corrected chi connectivity index (χ1v) is 8.28. The number of phenols is 1. The molecule has 1 unspecified atom stereocenters. The minimum Gasteiger partial charge on any atom is -0.503 e. The van der Waals surface area contributed by atoms with Gasteiger partial charge in [0.1, 0.15) is 0 Å². The van der Waals surface area contributed by atoms with Gasteiger partial charge in [0.25, 0.3) is 5.91 Å². The highest BCUT2D eigenvalue weighted by Crippen LogP contribution is 2.43. The van der Waals surface area contributed by atoms with E-state index < -0.39 is 23.5 Å². The molecule has 2 heterocycles. The van der Waals surface area contributed by atoms with Gasteiger partial charge in [-0.05, 0) is 29.8 Å². The molecular formula is C19H16ClNO6. The van der Waals surface area contributed by atoms with E-state index in [0.29, 0.717) is 5.56 Å². The first-order chi connectivity index (χ1) is 12.9. The average Bonchev–Trinajstić information content (AvgIpc) is 3.27. The van der Waals surface area contributed by atoms with Gasteiger partial charge in [-0.2, -0.15) is 0 Å². The molecule has 0 fully saturated rings. The number of Topliss-reactive ketones (excluding diaryl/α,β-unsaturated/α-hetero) is 1. The van der Waals surface area contributed by atoms with Crippen molar-refractivity contribution in [3.63, 3.8) is 0 Å². The summed E-state index contributed by atoms with van der Waals surface area (Å²) in [5, 5.41) is 20.3. The van der Waals surface area contributed by atoms with Gasteiger partial charge in [-0.15, -0.1) is 6.58 Å². The van der Waals surface area contributed by atoms with Crippen LogP contribution in [0.4, 0.5) is 0 Å². The second-order valence-corrected chi connectivity index (χ2v) is 6.18. The van der Waals surface area contributed by atoms with Crippen molar-refractivity contribution in [2.75, 3.05) is 13.7 Å². The summed E-state index contributed by atoms with van der Waals surface area (Å²) in [7, 11) is 1.35. The number of halogens is 1. The van der Waals surface area contributed by atoms with Crippen molar-refractivity contribution in [2.24, 2.45) is 0 Å². The maximum Gasteiger partial charge on any atom is 0.290 e. The van der Waals surface area contributed by atoms with Crippen molar-refractivity contribution in [3.8, 4) is 11.5 Å². The van der Waals surface area contributed by atoms with E-state index in [1.165, 1.54) is 48.6 Å². The number of ether oxygens (including phenoxy) is 1. The van der Waals surface area contributed by atoms with Crippen molar-refractivity contribution in [1.29, 1.82) is 0 Å². The number of aliphatic hydroxyl groups is 1. The van der Waals surface area contributed by atoms with E-state index in [4.69, 9.17) is 20.8 Å². The fraction of sp³-hybridized carbons (Fsp3) is 0.158. The molecule has 1 aliphatic rings. The lowest BCUT2D eigenvalue weighted by Crippen LogP contribution is -2.31. The first kappa shape index (κ1) is 18.6. The predicted molar refractivity (Wildman–Crippen MR) is 97.0 cm³/mol. The van der Waals surface area contributed by atoms with Gasteiger partial charge in [0.2, 0.25) is 5.78 Å². The van der Waals surface area contributed by atoms with E-state index in [9.17, 15) is 19.8 Å². The van der Waals surface area contributed by atoms with Gasteiger partial charge in [-0.3, -0.25) is 9.59 Å². The van der Waals surface area contributed by atoms with E-state index in [0.717, 1.165) is 0 Å². The summed E-state index contributed by atoms with van der Waals surface area (Å²) in [6.45, 7) is 3.68. The maximum absolute atomic E-state index is 12.9. The Balaban J connectivity index is 2.19. The van der Waals surface area contributed by atoms with Crippen molar-refractivity contribution in [2.45, 2.75) is 6.04 Å². The monoisotopic (exact) mass is 389 g/mol. The van der Waals surface area contributed by atoms with Crippen molar-refractivity contribution in [1.82, 2.24) is 4.90 Å². The Morgan fingerprint density at radius 1 is 1.44 bits per heavy atom. The number of benzene rings is 1. The van der Waals surface area contributed by atoms with Gasteiger partial charge in [0.15, 0.2) is 23.0 Å². The lowest BCUT2D eigenvalue weighted by molar-refractivity contribution is -0.128. The molecule has 1 atom stereocenters. The number of aromatic hydroxyl groups is 1. The summed E-state index contributed by atoms with van der Waals surface area (Å²) in [4.78, 5) is 26.7. The van der Waals surface area contributed by atoms with Crippen molar-refractivity contribution in [3.05, 3.63) is 70.9 Å². The minimum absolute atomic E-state index is 0.0216. The van der Waals surface area contributed by atoms with Gasteiger partial charge >= 0.3 is 0 Å². The lowest BCUT2D eigenvalue weighted by atomic mass is 9.94. The van der Waals surface area contributed by atoms with Crippen LogP contribution in [0.5, 0.6) is 11.5 Å². The average molecular weight is 390 g/mol. The molecular weight excluding hydrogens is 374 g/mol. The second kappa shape index (κ2) is 7.20. The second-order valence-electron chi connectivity index (χ2n) is 5.77. The molecule has 0 bridgehead atoms. The molecule has 0 aliphatic carbocycles. The first-order valence-electron chi connectivity index (χ1n) is 7.90. The minimum atomic E-state index is -0.958. The Bertz CT molecular complexity index is 947. The normalized spacial score (nSPS) is 16.7. The van der Waals surface area contributed by atoms with Crippen LogP contribution in [0.25, 0.3) is 0 Å². The number of methoxy groups -OCH3 is 1. The molecule has 0 radical (unpaired) electrons. The van der Waals surface area contributed by atoms with Crippen LogP contribution in [0.3, 0.4) is 0 Å². The highest BCUT2D eigenvalue weighted by atomic mass is 35.5. The molecule has 3 rings (SSSR count). The van der Waals surface area contributed by atoms with Crippen molar-refractivity contribution < 1.29 is 29.0 Å². The molecule has 140 valence electrons. The number of hydrogen-bond donors (Lipinski definition) is 2. The number of carbonyl (C=O) groups is 2. The lowest BCUT2D eigenvalue weighted by Gasteiger charge is -2.26. The van der Waals surface area contributed by atoms with Gasteiger partial charge < -0.3 is 24.3 Å². The third-order valence-corrected chi connectivity index (χ3v) is 4.49. The number of ketones is 1. The van der Waals surface area contributed by atoms with E-state index >= 15 is 0 Å². The van der Waals surface area contributed by atoms with Crippen LogP contribution in [-0.4, -0.2) is 40.5 Å². The molecule has 27 heavy (non-hydrogen) atoms. The van der Waals surface area contributed by atoms with E-state index in [-0.39, 0.29) is 34.4 Å². The molecule has 0 saturated heterocycles.